The molecule has 0 bridgehead atoms. The number of pyridine rings is 1. The van der Waals surface area contributed by atoms with Crippen LogP contribution in [0.1, 0.15) is 28.9 Å². The summed E-state index contributed by atoms with van der Waals surface area (Å²) in [7, 11) is 0. The minimum Gasteiger partial charge on any atom is -0.347 e. The van der Waals surface area contributed by atoms with E-state index >= 15 is 0 Å². The second-order valence-corrected chi connectivity index (χ2v) is 7.31. The molecular weight excluding hydrogens is 395 g/mol. The molecule has 29 heavy (non-hydrogen) atoms. The predicted molar refractivity (Wildman–Crippen MR) is 103 cm³/mol. The molecular formula is C20H16ClFN6O. The number of aromatic amines is 1. The van der Waals surface area contributed by atoms with Crippen molar-refractivity contribution in [2.24, 2.45) is 0 Å². The summed E-state index contributed by atoms with van der Waals surface area (Å²) >= 11 is 5.89. The predicted octanol–water partition coefficient (Wildman–Crippen LogP) is 3.95. The number of hydrogen-bond donors (Lipinski definition) is 1. The highest BCUT2D eigenvalue weighted by molar-refractivity contribution is 6.31. The molecule has 0 saturated carbocycles. The summed E-state index contributed by atoms with van der Waals surface area (Å²) in [4.78, 5) is 18.6. The summed E-state index contributed by atoms with van der Waals surface area (Å²) < 4.78 is 19.1. The third-order valence-electron chi connectivity index (χ3n) is 5.01. The van der Waals surface area contributed by atoms with E-state index in [1.54, 1.807) is 18.6 Å². The van der Waals surface area contributed by atoms with Gasteiger partial charge < -0.3 is 9.51 Å². The molecule has 1 aliphatic rings. The van der Waals surface area contributed by atoms with Crippen LogP contribution in [-0.2, 0) is 19.5 Å². The van der Waals surface area contributed by atoms with Crippen LogP contribution in [0.3, 0.4) is 0 Å². The van der Waals surface area contributed by atoms with E-state index in [9.17, 15) is 4.39 Å². The normalized spacial score (nSPS) is 16.7. The summed E-state index contributed by atoms with van der Waals surface area (Å²) in [6.07, 6.45) is 5.95. The Bertz CT molecular complexity index is 1140. The summed E-state index contributed by atoms with van der Waals surface area (Å²) in [5.41, 5.74) is 3.75. The molecule has 9 heteroatoms. The molecule has 0 amide bonds. The Kier molecular flexibility index (Phi) is 4.57. The standard InChI is InChI=1S/C20H16ClFN6O/c21-14-6-13(3-4-15(14)22)19-26-20(29-27-19)18-7-16-17(25-11-24-16)10-28(18)9-12-2-1-5-23-8-12/h1-6,8,11,18H,7,9-10H2,(H,24,25)/t18-/m0/s1. The first kappa shape index (κ1) is 18.0. The Morgan fingerprint density at radius 1 is 1.31 bits per heavy atom. The molecule has 0 spiro atoms. The molecule has 0 aliphatic carbocycles. The smallest absolute Gasteiger partial charge is 0.244 e. The van der Waals surface area contributed by atoms with Gasteiger partial charge in [-0.2, -0.15) is 4.98 Å². The monoisotopic (exact) mass is 410 g/mol. The van der Waals surface area contributed by atoms with E-state index in [1.807, 2.05) is 18.3 Å². The summed E-state index contributed by atoms with van der Waals surface area (Å²) in [5.74, 6) is 0.370. The molecule has 5 rings (SSSR count). The van der Waals surface area contributed by atoms with Crippen molar-refractivity contribution in [3.05, 3.63) is 82.7 Å². The largest absolute Gasteiger partial charge is 0.347 e. The summed E-state index contributed by atoms with van der Waals surface area (Å²) in [5, 5.41) is 4.10. The average molecular weight is 411 g/mol. The lowest BCUT2D eigenvalue weighted by Crippen LogP contribution is -2.34. The lowest BCUT2D eigenvalue weighted by atomic mass is 10.0. The number of aromatic nitrogens is 5. The lowest BCUT2D eigenvalue weighted by Gasteiger charge is -2.32. The number of nitrogens with zero attached hydrogens (tertiary/aromatic N) is 5. The Morgan fingerprint density at radius 2 is 2.24 bits per heavy atom. The Balaban J connectivity index is 1.47. The number of benzene rings is 1. The van der Waals surface area contributed by atoms with Gasteiger partial charge in [0.2, 0.25) is 11.7 Å². The third kappa shape index (κ3) is 3.52. The van der Waals surface area contributed by atoms with Gasteiger partial charge in [-0.15, -0.1) is 0 Å². The molecule has 3 aromatic heterocycles. The van der Waals surface area contributed by atoms with E-state index < -0.39 is 5.82 Å². The maximum absolute atomic E-state index is 13.5. The highest BCUT2D eigenvalue weighted by Crippen LogP contribution is 2.33. The second-order valence-electron chi connectivity index (χ2n) is 6.90. The van der Waals surface area contributed by atoms with Crippen LogP contribution in [0.2, 0.25) is 5.02 Å². The fraction of sp³-hybridized carbons (Fsp3) is 0.200. The Labute approximate surface area is 170 Å². The fourth-order valence-corrected chi connectivity index (χ4v) is 3.73. The zero-order valence-corrected chi connectivity index (χ0v) is 16.0. The highest BCUT2D eigenvalue weighted by atomic mass is 35.5. The molecule has 1 atom stereocenters. The first-order chi connectivity index (χ1) is 14.2. The summed E-state index contributed by atoms with van der Waals surface area (Å²) in [6.45, 7) is 1.35. The van der Waals surface area contributed by atoms with Crippen LogP contribution in [0, 0.1) is 5.82 Å². The van der Waals surface area contributed by atoms with Crippen molar-refractivity contribution in [2.75, 3.05) is 0 Å². The zero-order valence-electron chi connectivity index (χ0n) is 15.2. The van der Waals surface area contributed by atoms with E-state index in [0.29, 0.717) is 36.8 Å². The Morgan fingerprint density at radius 3 is 3.07 bits per heavy atom. The van der Waals surface area contributed by atoms with Gasteiger partial charge in [0.05, 0.1) is 28.8 Å². The van der Waals surface area contributed by atoms with Crippen molar-refractivity contribution in [3.8, 4) is 11.4 Å². The van der Waals surface area contributed by atoms with E-state index in [2.05, 4.69) is 30.0 Å². The van der Waals surface area contributed by atoms with Crippen LogP contribution in [0.5, 0.6) is 0 Å². The van der Waals surface area contributed by atoms with Crippen molar-refractivity contribution in [1.82, 2.24) is 30.0 Å². The second kappa shape index (κ2) is 7.38. The van der Waals surface area contributed by atoms with Crippen LogP contribution in [-0.4, -0.2) is 30.0 Å². The van der Waals surface area contributed by atoms with Gasteiger partial charge in [-0.3, -0.25) is 9.88 Å². The van der Waals surface area contributed by atoms with Gasteiger partial charge in [-0.1, -0.05) is 22.8 Å². The van der Waals surface area contributed by atoms with Gasteiger partial charge >= 0.3 is 0 Å². The molecule has 1 aliphatic heterocycles. The lowest BCUT2D eigenvalue weighted by molar-refractivity contribution is 0.128. The maximum Gasteiger partial charge on any atom is 0.244 e. The maximum atomic E-state index is 13.5. The zero-order chi connectivity index (χ0) is 19.8. The van der Waals surface area contributed by atoms with E-state index in [4.69, 9.17) is 16.1 Å². The number of H-pyrrole nitrogens is 1. The van der Waals surface area contributed by atoms with Crippen molar-refractivity contribution in [2.45, 2.75) is 25.6 Å². The first-order valence-corrected chi connectivity index (χ1v) is 9.48. The van der Waals surface area contributed by atoms with Crippen LogP contribution >= 0.6 is 11.6 Å². The molecule has 7 nitrogen and oxygen atoms in total. The minimum absolute atomic E-state index is 0.0193. The minimum atomic E-state index is -0.486. The van der Waals surface area contributed by atoms with Gasteiger partial charge in [-0.25, -0.2) is 9.37 Å². The van der Waals surface area contributed by atoms with E-state index in [-0.39, 0.29) is 11.1 Å². The fourth-order valence-electron chi connectivity index (χ4n) is 3.55. The quantitative estimate of drug-likeness (QED) is 0.548. The third-order valence-corrected chi connectivity index (χ3v) is 5.30. The molecule has 1 aromatic carbocycles. The summed E-state index contributed by atoms with van der Waals surface area (Å²) in [6, 6.07) is 8.18. The molecule has 0 fully saturated rings. The van der Waals surface area contributed by atoms with Crippen molar-refractivity contribution in [1.29, 1.82) is 0 Å². The number of rotatable bonds is 4. The SMILES string of the molecule is Fc1ccc(-c2noc([C@@H]3Cc4nc[nH]c4CN3Cc3cccnc3)n2)cc1Cl. The van der Waals surface area contributed by atoms with Gasteiger partial charge in [0.15, 0.2) is 0 Å². The first-order valence-electron chi connectivity index (χ1n) is 9.10. The van der Waals surface area contributed by atoms with Crippen LogP contribution in [0.15, 0.2) is 53.6 Å². The van der Waals surface area contributed by atoms with Crippen LogP contribution in [0.25, 0.3) is 11.4 Å². The van der Waals surface area contributed by atoms with Crippen LogP contribution in [0.4, 0.5) is 4.39 Å². The molecule has 146 valence electrons. The van der Waals surface area contributed by atoms with Crippen LogP contribution < -0.4 is 0 Å². The molecule has 0 unspecified atom stereocenters. The molecule has 4 heterocycles. The number of imidazole rings is 1. The van der Waals surface area contributed by atoms with Crippen molar-refractivity contribution >= 4 is 11.6 Å². The van der Waals surface area contributed by atoms with Gasteiger partial charge in [0.1, 0.15) is 5.82 Å². The number of fused-ring (bicyclic) bond motifs is 1. The number of halogens is 2. The van der Waals surface area contributed by atoms with Crippen molar-refractivity contribution in [3.63, 3.8) is 0 Å². The number of hydrogen-bond acceptors (Lipinski definition) is 6. The molecule has 1 N–H and O–H groups in total. The van der Waals surface area contributed by atoms with Gasteiger partial charge in [-0.05, 0) is 29.8 Å². The van der Waals surface area contributed by atoms with Crippen molar-refractivity contribution < 1.29 is 8.91 Å². The van der Waals surface area contributed by atoms with E-state index in [0.717, 1.165) is 17.0 Å². The molecule has 0 saturated heterocycles. The highest BCUT2D eigenvalue weighted by Gasteiger charge is 2.33. The van der Waals surface area contributed by atoms with Gasteiger partial charge in [0.25, 0.3) is 0 Å². The van der Waals surface area contributed by atoms with E-state index in [1.165, 1.54) is 12.1 Å². The average Bonchev–Trinajstić information content (AvgIpc) is 3.39. The molecule has 0 radical (unpaired) electrons. The van der Waals surface area contributed by atoms with Gasteiger partial charge in [0, 0.05) is 37.5 Å². The Hall–Kier alpha value is -3.10. The topological polar surface area (TPSA) is 83.7 Å². The molecule has 4 aromatic rings. The number of nitrogens with one attached hydrogen (secondary N) is 1.